The SMILES string of the molecule is COc1cccc(-c2cc(C(=O)N3CCC[C@@H](c4ncc(Cc5ccc(F)cc5)o4)C3)[nH]n2)c1. The summed E-state index contributed by atoms with van der Waals surface area (Å²) in [4.78, 5) is 19.5. The Kier molecular flexibility index (Phi) is 6.12. The molecule has 174 valence electrons. The molecule has 1 aliphatic heterocycles. The van der Waals surface area contributed by atoms with Crippen molar-refractivity contribution in [2.75, 3.05) is 20.2 Å². The van der Waals surface area contributed by atoms with Crippen molar-refractivity contribution in [2.45, 2.75) is 25.2 Å². The summed E-state index contributed by atoms with van der Waals surface area (Å²) in [5, 5.41) is 7.20. The number of piperidine rings is 1. The van der Waals surface area contributed by atoms with E-state index in [1.54, 1.807) is 31.5 Å². The standard InChI is InChI=1S/C26H25FN4O3/c1-33-21-6-2-4-18(13-21)23-14-24(30-29-23)26(32)31-11-3-5-19(16-31)25-28-15-22(34-25)12-17-7-9-20(27)10-8-17/h2,4,6-10,13-15,19H,3,5,11-12,16H2,1H3,(H,29,30)/t19-/m1/s1. The fourth-order valence-corrected chi connectivity index (χ4v) is 4.29. The van der Waals surface area contributed by atoms with Gasteiger partial charge in [-0.2, -0.15) is 5.10 Å². The zero-order valence-corrected chi connectivity index (χ0v) is 18.8. The van der Waals surface area contributed by atoms with E-state index in [-0.39, 0.29) is 17.6 Å². The van der Waals surface area contributed by atoms with Crippen LogP contribution in [0.1, 0.15) is 46.5 Å². The number of nitrogens with zero attached hydrogens (tertiary/aromatic N) is 3. The molecule has 1 atom stereocenters. The van der Waals surface area contributed by atoms with Crippen LogP contribution in [0.5, 0.6) is 5.75 Å². The van der Waals surface area contributed by atoms with Crippen LogP contribution in [0, 0.1) is 5.82 Å². The first-order chi connectivity index (χ1) is 16.6. The minimum Gasteiger partial charge on any atom is -0.497 e. The first kappa shape index (κ1) is 21.9. The van der Waals surface area contributed by atoms with Crippen molar-refractivity contribution in [3.05, 3.63) is 89.5 Å². The van der Waals surface area contributed by atoms with Gasteiger partial charge in [0.15, 0.2) is 5.89 Å². The fourth-order valence-electron chi connectivity index (χ4n) is 4.29. The zero-order valence-electron chi connectivity index (χ0n) is 18.8. The largest absolute Gasteiger partial charge is 0.497 e. The van der Waals surface area contributed by atoms with E-state index in [2.05, 4.69) is 15.2 Å². The highest BCUT2D eigenvalue weighted by Crippen LogP contribution is 2.29. The van der Waals surface area contributed by atoms with E-state index in [4.69, 9.17) is 9.15 Å². The van der Waals surface area contributed by atoms with Crippen LogP contribution >= 0.6 is 0 Å². The molecule has 1 aliphatic rings. The van der Waals surface area contributed by atoms with E-state index in [0.717, 1.165) is 35.5 Å². The van der Waals surface area contributed by atoms with E-state index in [1.165, 1.54) is 12.1 Å². The van der Waals surface area contributed by atoms with E-state index < -0.39 is 0 Å². The number of hydrogen-bond acceptors (Lipinski definition) is 5. The molecule has 4 aromatic rings. The molecule has 1 amide bonds. The molecule has 5 rings (SSSR count). The van der Waals surface area contributed by atoms with E-state index in [1.807, 2.05) is 29.2 Å². The van der Waals surface area contributed by atoms with Crippen molar-refractivity contribution >= 4 is 5.91 Å². The summed E-state index contributed by atoms with van der Waals surface area (Å²) in [7, 11) is 1.62. The molecule has 1 saturated heterocycles. The minimum atomic E-state index is -0.262. The van der Waals surface area contributed by atoms with Gasteiger partial charge in [-0.15, -0.1) is 0 Å². The van der Waals surface area contributed by atoms with Crippen molar-refractivity contribution in [3.8, 4) is 17.0 Å². The summed E-state index contributed by atoms with van der Waals surface area (Å²) in [6, 6.07) is 15.7. The number of halogens is 1. The maximum Gasteiger partial charge on any atom is 0.271 e. The Morgan fingerprint density at radius 2 is 2.09 bits per heavy atom. The highest BCUT2D eigenvalue weighted by atomic mass is 19.1. The molecule has 0 aliphatic carbocycles. The van der Waals surface area contributed by atoms with Crippen molar-refractivity contribution in [2.24, 2.45) is 0 Å². The Hall–Kier alpha value is -3.94. The number of carbonyl (C=O) groups excluding carboxylic acids is 1. The van der Waals surface area contributed by atoms with Gasteiger partial charge in [0.2, 0.25) is 0 Å². The van der Waals surface area contributed by atoms with Crippen LogP contribution in [0.4, 0.5) is 4.39 Å². The number of carbonyl (C=O) groups is 1. The summed E-state index contributed by atoms with van der Waals surface area (Å²) < 4.78 is 24.4. The lowest BCUT2D eigenvalue weighted by molar-refractivity contribution is 0.0692. The molecule has 2 aromatic carbocycles. The molecule has 1 fully saturated rings. The minimum absolute atomic E-state index is 0.0282. The van der Waals surface area contributed by atoms with Gasteiger partial charge in [-0.05, 0) is 48.7 Å². The van der Waals surface area contributed by atoms with Gasteiger partial charge in [0, 0.05) is 25.1 Å². The molecular formula is C26H25FN4O3. The predicted octanol–water partition coefficient (Wildman–Crippen LogP) is 4.82. The second kappa shape index (κ2) is 9.51. The van der Waals surface area contributed by atoms with Gasteiger partial charge in [0.05, 0.1) is 24.9 Å². The third-order valence-corrected chi connectivity index (χ3v) is 6.09. The number of likely N-dealkylation sites (tertiary alicyclic amines) is 1. The smallest absolute Gasteiger partial charge is 0.271 e. The lowest BCUT2D eigenvalue weighted by atomic mass is 9.97. The summed E-state index contributed by atoms with van der Waals surface area (Å²) in [6.07, 6.45) is 4.03. The molecule has 2 aromatic heterocycles. The van der Waals surface area contributed by atoms with Gasteiger partial charge in [-0.25, -0.2) is 9.37 Å². The first-order valence-corrected chi connectivity index (χ1v) is 11.3. The number of aromatic amines is 1. The van der Waals surface area contributed by atoms with Crippen LogP contribution in [0.25, 0.3) is 11.3 Å². The van der Waals surface area contributed by atoms with Crippen molar-refractivity contribution < 1.29 is 18.3 Å². The van der Waals surface area contributed by atoms with Crippen LogP contribution < -0.4 is 4.74 Å². The molecule has 1 N–H and O–H groups in total. The van der Waals surface area contributed by atoms with Crippen LogP contribution in [0.3, 0.4) is 0 Å². The molecule has 7 nitrogen and oxygen atoms in total. The monoisotopic (exact) mass is 460 g/mol. The van der Waals surface area contributed by atoms with Crippen LogP contribution in [0.2, 0.25) is 0 Å². The highest BCUT2D eigenvalue weighted by Gasteiger charge is 2.29. The van der Waals surface area contributed by atoms with Crippen molar-refractivity contribution in [3.63, 3.8) is 0 Å². The number of hydrogen-bond donors (Lipinski definition) is 1. The van der Waals surface area contributed by atoms with Crippen LogP contribution in [-0.2, 0) is 6.42 Å². The van der Waals surface area contributed by atoms with E-state index >= 15 is 0 Å². The van der Waals surface area contributed by atoms with Crippen LogP contribution in [-0.4, -0.2) is 46.2 Å². The van der Waals surface area contributed by atoms with Crippen molar-refractivity contribution in [1.29, 1.82) is 0 Å². The molecule has 8 heteroatoms. The lowest BCUT2D eigenvalue weighted by Crippen LogP contribution is -2.39. The van der Waals surface area contributed by atoms with Gasteiger partial charge >= 0.3 is 0 Å². The zero-order chi connectivity index (χ0) is 23.5. The number of benzene rings is 2. The number of methoxy groups -OCH3 is 1. The number of nitrogens with one attached hydrogen (secondary N) is 1. The highest BCUT2D eigenvalue weighted by molar-refractivity contribution is 5.93. The molecule has 0 spiro atoms. The number of oxazole rings is 1. The van der Waals surface area contributed by atoms with E-state index in [0.29, 0.717) is 36.8 Å². The normalized spacial score (nSPS) is 15.9. The Morgan fingerprint density at radius 1 is 1.24 bits per heavy atom. The quantitative estimate of drug-likeness (QED) is 0.446. The average Bonchev–Trinajstić information content (AvgIpc) is 3.55. The topological polar surface area (TPSA) is 84.2 Å². The van der Waals surface area contributed by atoms with Crippen LogP contribution in [0.15, 0.2) is 65.2 Å². The summed E-state index contributed by atoms with van der Waals surface area (Å²) in [5.41, 5.74) is 2.96. The van der Waals surface area contributed by atoms with Gasteiger partial charge < -0.3 is 14.1 Å². The molecule has 0 saturated carbocycles. The third kappa shape index (κ3) is 4.71. The average molecular weight is 461 g/mol. The molecule has 0 unspecified atom stereocenters. The fraction of sp³-hybridized carbons (Fsp3) is 0.269. The summed E-state index contributed by atoms with van der Waals surface area (Å²) in [5.74, 6) is 1.77. The third-order valence-electron chi connectivity index (χ3n) is 6.09. The molecule has 0 bridgehead atoms. The maximum atomic E-state index is 13.2. The molecule has 0 radical (unpaired) electrons. The second-order valence-corrected chi connectivity index (χ2v) is 8.46. The van der Waals surface area contributed by atoms with Gasteiger partial charge in [-0.3, -0.25) is 9.89 Å². The number of aromatic nitrogens is 3. The summed E-state index contributed by atoms with van der Waals surface area (Å²) in [6.45, 7) is 1.20. The molecular weight excluding hydrogens is 435 g/mol. The Bertz CT molecular complexity index is 1280. The van der Waals surface area contributed by atoms with Gasteiger partial charge in [-0.1, -0.05) is 24.3 Å². The van der Waals surface area contributed by atoms with Gasteiger partial charge in [0.25, 0.3) is 5.91 Å². The number of amides is 1. The Labute approximate surface area is 196 Å². The second-order valence-electron chi connectivity index (χ2n) is 8.46. The molecule has 3 heterocycles. The number of ether oxygens (including phenoxy) is 1. The Balaban J connectivity index is 1.26. The molecule has 34 heavy (non-hydrogen) atoms. The van der Waals surface area contributed by atoms with E-state index in [9.17, 15) is 9.18 Å². The summed E-state index contributed by atoms with van der Waals surface area (Å²) >= 11 is 0. The number of rotatable bonds is 6. The van der Waals surface area contributed by atoms with Gasteiger partial charge in [0.1, 0.15) is 23.0 Å². The Morgan fingerprint density at radius 3 is 2.91 bits per heavy atom. The first-order valence-electron chi connectivity index (χ1n) is 11.3. The predicted molar refractivity (Wildman–Crippen MR) is 124 cm³/mol. The number of H-pyrrole nitrogens is 1. The van der Waals surface area contributed by atoms with Crippen molar-refractivity contribution in [1.82, 2.24) is 20.1 Å². The lowest BCUT2D eigenvalue weighted by Gasteiger charge is -2.30. The maximum absolute atomic E-state index is 13.2.